The summed E-state index contributed by atoms with van der Waals surface area (Å²) in [7, 11) is 0. The standard InChI is InChI=1S/C7H10N2O2/c1-3-6-8-4-5(2)9(6)7(10)11/h4H,3H2,1-2H3,(H,10,11)/p+1. The molecule has 0 atom stereocenters. The van der Waals surface area contributed by atoms with Crippen LogP contribution < -0.4 is 4.98 Å². The summed E-state index contributed by atoms with van der Waals surface area (Å²) in [6, 6.07) is 0. The molecule has 0 aromatic carbocycles. The van der Waals surface area contributed by atoms with E-state index in [9.17, 15) is 4.79 Å². The number of hydrogen-bond acceptors (Lipinski definition) is 1. The van der Waals surface area contributed by atoms with Crippen molar-refractivity contribution in [3.63, 3.8) is 0 Å². The first-order chi connectivity index (χ1) is 5.16. The van der Waals surface area contributed by atoms with Crippen LogP contribution in [0.2, 0.25) is 0 Å². The summed E-state index contributed by atoms with van der Waals surface area (Å²) in [6.45, 7) is 3.66. The number of carbonyl (C=O) groups is 1. The van der Waals surface area contributed by atoms with Crippen LogP contribution in [0.25, 0.3) is 0 Å². The molecule has 0 amide bonds. The molecule has 60 valence electrons. The molecule has 0 radical (unpaired) electrons. The van der Waals surface area contributed by atoms with Gasteiger partial charge in [-0.05, 0) is 0 Å². The lowest BCUT2D eigenvalue weighted by Gasteiger charge is -1.90. The van der Waals surface area contributed by atoms with E-state index in [0.29, 0.717) is 12.1 Å². The molecule has 11 heavy (non-hydrogen) atoms. The zero-order valence-electron chi connectivity index (χ0n) is 6.59. The number of rotatable bonds is 1. The monoisotopic (exact) mass is 155 g/mol. The molecule has 4 nitrogen and oxygen atoms in total. The van der Waals surface area contributed by atoms with E-state index in [1.54, 1.807) is 13.1 Å². The second kappa shape index (κ2) is 2.74. The summed E-state index contributed by atoms with van der Waals surface area (Å²) in [6.07, 6.45) is 1.45. The van der Waals surface area contributed by atoms with Crippen molar-refractivity contribution in [2.24, 2.45) is 0 Å². The average molecular weight is 155 g/mol. The van der Waals surface area contributed by atoms with Gasteiger partial charge in [0.2, 0.25) is 0 Å². The van der Waals surface area contributed by atoms with E-state index >= 15 is 0 Å². The maximum atomic E-state index is 10.6. The van der Waals surface area contributed by atoms with Gasteiger partial charge < -0.3 is 5.11 Å². The van der Waals surface area contributed by atoms with Gasteiger partial charge in [0, 0.05) is 13.3 Å². The number of H-pyrrole nitrogens is 1. The topological polar surface area (TPSA) is 56.4 Å². The van der Waals surface area contributed by atoms with E-state index in [1.165, 1.54) is 4.57 Å². The van der Waals surface area contributed by atoms with Gasteiger partial charge in [0.05, 0.1) is 0 Å². The molecule has 0 saturated carbocycles. The minimum Gasteiger partial charge on any atom is -0.446 e. The first-order valence-corrected chi connectivity index (χ1v) is 3.49. The summed E-state index contributed by atoms with van der Waals surface area (Å²) < 4.78 is 1.25. The molecule has 0 aliphatic carbocycles. The number of hydrogen-bond donors (Lipinski definition) is 1. The Kier molecular flexibility index (Phi) is 1.94. The summed E-state index contributed by atoms with van der Waals surface area (Å²) in [5.41, 5.74) is 0.717. The van der Waals surface area contributed by atoms with E-state index in [2.05, 4.69) is 4.98 Å². The Morgan fingerprint density at radius 3 is 2.82 bits per heavy atom. The van der Waals surface area contributed by atoms with Crippen molar-refractivity contribution in [2.75, 3.05) is 0 Å². The van der Waals surface area contributed by atoms with E-state index in [1.807, 2.05) is 6.92 Å². The second-order valence-corrected chi connectivity index (χ2v) is 2.35. The van der Waals surface area contributed by atoms with Gasteiger partial charge in [-0.15, -0.1) is 4.57 Å². The maximum absolute atomic E-state index is 10.6. The zero-order chi connectivity index (χ0) is 8.43. The predicted molar refractivity (Wildman–Crippen MR) is 38.5 cm³/mol. The molecule has 0 unspecified atom stereocenters. The van der Waals surface area contributed by atoms with Crippen LogP contribution >= 0.6 is 0 Å². The average Bonchev–Trinajstić information content (AvgIpc) is 2.30. The molecule has 1 aromatic rings. The van der Waals surface area contributed by atoms with Crippen molar-refractivity contribution in [1.82, 2.24) is 4.57 Å². The molecule has 2 N–H and O–H groups in total. The second-order valence-electron chi connectivity index (χ2n) is 2.35. The Hall–Kier alpha value is -1.32. The Morgan fingerprint density at radius 1 is 1.82 bits per heavy atom. The van der Waals surface area contributed by atoms with Crippen molar-refractivity contribution in [3.05, 3.63) is 17.7 Å². The number of carboxylic acid groups (broad SMARTS) is 1. The molecule has 0 saturated heterocycles. The van der Waals surface area contributed by atoms with E-state index in [-0.39, 0.29) is 0 Å². The van der Waals surface area contributed by atoms with Gasteiger partial charge in [-0.1, -0.05) is 6.92 Å². The van der Waals surface area contributed by atoms with Gasteiger partial charge in [-0.2, -0.15) is 4.79 Å². The van der Waals surface area contributed by atoms with Crippen LogP contribution in [0.1, 0.15) is 18.4 Å². The van der Waals surface area contributed by atoms with Crippen molar-refractivity contribution in [3.8, 4) is 0 Å². The highest BCUT2D eigenvalue weighted by atomic mass is 16.4. The van der Waals surface area contributed by atoms with Crippen LogP contribution in [0.5, 0.6) is 0 Å². The fourth-order valence-electron chi connectivity index (χ4n) is 1.06. The van der Waals surface area contributed by atoms with Crippen molar-refractivity contribution < 1.29 is 14.9 Å². The predicted octanol–water partition coefficient (Wildman–Crippen LogP) is 0.699. The molecule has 0 bridgehead atoms. The lowest BCUT2D eigenvalue weighted by molar-refractivity contribution is -0.389. The Balaban J connectivity index is 3.17. The molecule has 4 heteroatoms. The van der Waals surface area contributed by atoms with Crippen molar-refractivity contribution >= 4 is 6.09 Å². The summed E-state index contributed by atoms with van der Waals surface area (Å²) >= 11 is 0. The number of imidazole rings is 1. The third-order valence-electron chi connectivity index (χ3n) is 1.60. The molecule has 0 fully saturated rings. The fraction of sp³-hybridized carbons (Fsp3) is 0.429. The van der Waals surface area contributed by atoms with Crippen molar-refractivity contribution in [1.29, 1.82) is 0 Å². The van der Waals surface area contributed by atoms with Gasteiger partial charge in [-0.3, -0.25) is 0 Å². The maximum Gasteiger partial charge on any atom is 0.509 e. The minimum atomic E-state index is -0.930. The van der Waals surface area contributed by atoms with E-state index in [4.69, 9.17) is 5.11 Å². The van der Waals surface area contributed by atoms with Crippen LogP contribution in [-0.4, -0.2) is 15.8 Å². The van der Waals surface area contributed by atoms with E-state index < -0.39 is 6.09 Å². The van der Waals surface area contributed by atoms with Gasteiger partial charge in [0.15, 0.2) is 5.69 Å². The number of nitrogens with zero attached hydrogens (tertiary/aromatic N) is 1. The van der Waals surface area contributed by atoms with Crippen molar-refractivity contribution in [2.45, 2.75) is 20.3 Å². The molecule has 1 rings (SSSR count). The van der Waals surface area contributed by atoms with Crippen LogP contribution in [0.4, 0.5) is 4.79 Å². The summed E-state index contributed by atoms with van der Waals surface area (Å²) in [4.78, 5) is 13.5. The Bertz CT molecular complexity index is 278. The lowest BCUT2D eigenvalue weighted by Crippen LogP contribution is -2.17. The minimum absolute atomic E-state index is 0.695. The number of aryl methyl sites for hydroxylation is 2. The van der Waals surface area contributed by atoms with Gasteiger partial charge >= 0.3 is 6.09 Å². The number of aromatic nitrogens is 2. The van der Waals surface area contributed by atoms with Gasteiger partial charge in [0.25, 0.3) is 5.82 Å². The first-order valence-electron chi connectivity index (χ1n) is 3.49. The number of nitrogens with one attached hydrogen (secondary N) is 1. The van der Waals surface area contributed by atoms with Gasteiger partial charge in [-0.25, -0.2) is 4.98 Å². The largest absolute Gasteiger partial charge is 0.509 e. The third-order valence-corrected chi connectivity index (χ3v) is 1.60. The van der Waals surface area contributed by atoms with Crippen LogP contribution in [0, 0.1) is 6.92 Å². The third kappa shape index (κ3) is 1.24. The highest BCUT2D eigenvalue weighted by Crippen LogP contribution is 1.99. The quantitative estimate of drug-likeness (QED) is 0.649. The Morgan fingerprint density at radius 2 is 2.45 bits per heavy atom. The Labute approximate surface area is 64.5 Å². The summed E-state index contributed by atoms with van der Waals surface area (Å²) in [5, 5.41) is 8.71. The molecule has 0 aliphatic heterocycles. The first kappa shape index (κ1) is 7.78. The van der Waals surface area contributed by atoms with Crippen LogP contribution in [0.15, 0.2) is 6.20 Å². The highest BCUT2D eigenvalue weighted by Gasteiger charge is 2.19. The molecule has 0 spiro atoms. The van der Waals surface area contributed by atoms with Crippen LogP contribution in [0.3, 0.4) is 0 Å². The van der Waals surface area contributed by atoms with E-state index in [0.717, 1.165) is 5.82 Å². The zero-order valence-corrected chi connectivity index (χ0v) is 6.59. The van der Waals surface area contributed by atoms with Gasteiger partial charge in [0.1, 0.15) is 6.20 Å². The molecular weight excluding hydrogens is 144 g/mol. The molecule has 0 aliphatic rings. The fourth-order valence-corrected chi connectivity index (χ4v) is 1.06. The lowest BCUT2D eigenvalue weighted by atomic mass is 10.4. The summed E-state index contributed by atoms with van der Waals surface area (Å²) in [5.74, 6) is 0.718. The van der Waals surface area contributed by atoms with Crippen LogP contribution in [-0.2, 0) is 6.42 Å². The normalized spacial score (nSPS) is 10.0. The SMILES string of the molecule is CCc1[nH+]cc(C)n1C(=O)O. The molecular formula is C7H11N2O2+. The highest BCUT2D eigenvalue weighted by molar-refractivity contribution is 5.69. The molecule has 1 aromatic heterocycles. The molecule has 1 heterocycles. The smallest absolute Gasteiger partial charge is 0.446 e. The number of aromatic amines is 1.